The number of imidazole rings is 1. The van der Waals surface area contributed by atoms with E-state index < -0.39 is 0 Å². The molecule has 0 fully saturated rings. The highest BCUT2D eigenvalue weighted by Crippen LogP contribution is 2.27. The number of hydrogen-bond donors (Lipinski definition) is 1. The highest BCUT2D eigenvalue weighted by molar-refractivity contribution is 9.11. The Bertz CT molecular complexity index is 642. The van der Waals surface area contributed by atoms with Crippen LogP contribution in [-0.2, 0) is 6.42 Å². The summed E-state index contributed by atoms with van der Waals surface area (Å²) in [5.41, 5.74) is 2.47. The van der Waals surface area contributed by atoms with Crippen LogP contribution in [0.4, 0.5) is 0 Å². The molecule has 0 aliphatic carbocycles. The highest BCUT2D eigenvalue weighted by atomic mass is 79.9. The van der Waals surface area contributed by atoms with E-state index in [9.17, 15) is 0 Å². The summed E-state index contributed by atoms with van der Waals surface area (Å²) in [6.07, 6.45) is 5.10. The first kappa shape index (κ1) is 13.3. The summed E-state index contributed by atoms with van der Waals surface area (Å²) in [5, 5.41) is 7.80. The lowest BCUT2D eigenvalue weighted by molar-refractivity contribution is 0.546. The van der Waals surface area contributed by atoms with Gasteiger partial charge in [-0.2, -0.15) is 0 Å². The van der Waals surface area contributed by atoms with Crippen LogP contribution in [0.2, 0.25) is 0 Å². The lowest BCUT2D eigenvalue weighted by Gasteiger charge is -2.15. The quantitative estimate of drug-likeness (QED) is 0.745. The summed E-state index contributed by atoms with van der Waals surface area (Å²) in [5.74, 6) is 0. The van der Waals surface area contributed by atoms with Crippen molar-refractivity contribution in [2.45, 2.75) is 19.4 Å². The first-order valence-corrected chi connectivity index (χ1v) is 8.70. The molecule has 0 bridgehead atoms. The second kappa shape index (κ2) is 5.75. The van der Waals surface area contributed by atoms with Crippen LogP contribution in [0, 0.1) is 0 Å². The van der Waals surface area contributed by atoms with Crippen molar-refractivity contribution in [3.8, 4) is 0 Å². The van der Waals surface area contributed by atoms with Crippen LogP contribution in [0.5, 0.6) is 0 Å². The van der Waals surface area contributed by atoms with Gasteiger partial charge in [0.15, 0.2) is 4.96 Å². The van der Waals surface area contributed by atoms with E-state index in [0.717, 1.165) is 23.6 Å². The molecule has 1 N–H and O–H groups in total. The Morgan fingerprint density at radius 1 is 1.47 bits per heavy atom. The van der Waals surface area contributed by atoms with E-state index in [1.165, 1.54) is 9.35 Å². The van der Waals surface area contributed by atoms with E-state index in [1.54, 1.807) is 22.7 Å². The van der Waals surface area contributed by atoms with Gasteiger partial charge in [-0.05, 0) is 39.5 Å². The van der Waals surface area contributed by atoms with Gasteiger partial charge in [-0.3, -0.25) is 4.40 Å². The van der Waals surface area contributed by atoms with E-state index >= 15 is 0 Å². The minimum absolute atomic E-state index is 0.331. The van der Waals surface area contributed by atoms with Crippen molar-refractivity contribution in [3.63, 3.8) is 0 Å². The number of thiazole rings is 1. The number of likely N-dealkylation sites (N-methyl/N-ethyl adjacent to an activating group) is 1. The average molecular weight is 356 g/mol. The van der Waals surface area contributed by atoms with Crippen LogP contribution in [0.25, 0.3) is 4.96 Å². The molecule has 0 aliphatic heterocycles. The Labute approximate surface area is 128 Å². The molecule has 3 heterocycles. The van der Waals surface area contributed by atoms with Gasteiger partial charge in [-0.1, -0.05) is 6.92 Å². The molecule has 0 aromatic carbocycles. The Kier molecular flexibility index (Phi) is 4.02. The van der Waals surface area contributed by atoms with Crippen molar-refractivity contribution in [1.29, 1.82) is 0 Å². The van der Waals surface area contributed by atoms with E-state index in [0.29, 0.717) is 6.04 Å². The number of rotatable bonds is 5. The molecule has 0 spiro atoms. The molecule has 19 heavy (non-hydrogen) atoms. The van der Waals surface area contributed by atoms with Gasteiger partial charge < -0.3 is 5.32 Å². The molecule has 100 valence electrons. The Morgan fingerprint density at radius 3 is 3.05 bits per heavy atom. The molecule has 0 aliphatic rings. The minimum atomic E-state index is 0.331. The summed E-state index contributed by atoms with van der Waals surface area (Å²) < 4.78 is 3.27. The van der Waals surface area contributed by atoms with Crippen LogP contribution in [0.3, 0.4) is 0 Å². The normalized spacial score (nSPS) is 13.2. The van der Waals surface area contributed by atoms with Crippen molar-refractivity contribution in [1.82, 2.24) is 14.7 Å². The van der Waals surface area contributed by atoms with E-state index in [-0.39, 0.29) is 0 Å². The summed E-state index contributed by atoms with van der Waals surface area (Å²) in [4.78, 5) is 5.73. The van der Waals surface area contributed by atoms with Gasteiger partial charge in [0.25, 0.3) is 0 Å². The fourth-order valence-electron chi connectivity index (χ4n) is 2.14. The van der Waals surface area contributed by atoms with Crippen molar-refractivity contribution < 1.29 is 0 Å². The zero-order valence-corrected chi connectivity index (χ0v) is 13.7. The monoisotopic (exact) mass is 355 g/mol. The number of aromatic nitrogens is 2. The second-order valence-electron chi connectivity index (χ2n) is 4.32. The van der Waals surface area contributed by atoms with Crippen LogP contribution >= 0.6 is 38.6 Å². The molecule has 6 heteroatoms. The second-order valence-corrected chi connectivity index (χ2v) is 7.49. The van der Waals surface area contributed by atoms with Crippen LogP contribution < -0.4 is 5.32 Å². The maximum Gasteiger partial charge on any atom is 0.193 e. The Hall–Kier alpha value is -0.690. The third-order valence-electron chi connectivity index (χ3n) is 3.00. The molecule has 3 aromatic rings. The van der Waals surface area contributed by atoms with Gasteiger partial charge in [-0.25, -0.2) is 4.98 Å². The average Bonchev–Trinajstić information content (AvgIpc) is 3.03. The minimum Gasteiger partial charge on any atom is -0.310 e. The van der Waals surface area contributed by atoms with Crippen molar-refractivity contribution in [2.24, 2.45) is 0 Å². The first-order chi connectivity index (χ1) is 9.26. The molecular weight excluding hydrogens is 342 g/mol. The highest BCUT2D eigenvalue weighted by Gasteiger charge is 2.15. The molecule has 3 rings (SSSR count). The van der Waals surface area contributed by atoms with Crippen LogP contribution in [0.1, 0.15) is 24.2 Å². The standard InChI is InChI=1S/C13H14BrN3S2/c1-2-15-11(9-5-12(14)19-8-9)6-10-7-17-3-4-18-13(17)16-10/h3-5,7-8,11,15H,2,6H2,1H3. The van der Waals surface area contributed by atoms with Crippen LogP contribution in [-0.4, -0.2) is 15.9 Å². The Balaban J connectivity index is 1.82. The van der Waals surface area contributed by atoms with Gasteiger partial charge in [-0.15, -0.1) is 22.7 Å². The maximum atomic E-state index is 4.66. The Morgan fingerprint density at radius 2 is 2.37 bits per heavy atom. The first-order valence-electron chi connectivity index (χ1n) is 6.14. The molecule has 1 unspecified atom stereocenters. The van der Waals surface area contributed by atoms with Gasteiger partial charge in [0.05, 0.1) is 9.48 Å². The van der Waals surface area contributed by atoms with Gasteiger partial charge >= 0.3 is 0 Å². The molecule has 3 nitrogen and oxygen atoms in total. The number of thiophene rings is 1. The largest absolute Gasteiger partial charge is 0.310 e. The summed E-state index contributed by atoms with van der Waals surface area (Å²) in [6.45, 7) is 3.10. The number of hydrogen-bond acceptors (Lipinski definition) is 4. The van der Waals surface area contributed by atoms with Gasteiger partial charge in [0, 0.05) is 30.2 Å². The zero-order chi connectivity index (χ0) is 13.2. The van der Waals surface area contributed by atoms with E-state index in [1.807, 2.05) is 0 Å². The van der Waals surface area contributed by atoms with Crippen molar-refractivity contribution in [2.75, 3.05) is 6.54 Å². The third kappa shape index (κ3) is 2.91. The predicted octanol–water partition coefficient (Wildman–Crippen LogP) is 4.11. The van der Waals surface area contributed by atoms with Crippen molar-refractivity contribution in [3.05, 3.63) is 44.3 Å². The summed E-state index contributed by atoms with van der Waals surface area (Å²) in [7, 11) is 0. The predicted molar refractivity (Wildman–Crippen MR) is 85.2 cm³/mol. The fourth-order valence-corrected chi connectivity index (χ4v) is 4.09. The maximum absolute atomic E-state index is 4.66. The lowest BCUT2D eigenvalue weighted by Crippen LogP contribution is -2.22. The summed E-state index contributed by atoms with van der Waals surface area (Å²) >= 11 is 6.94. The number of nitrogens with zero attached hydrogens (tertiary/aromatic N) is 2. The number of halogens is 1. The fraction of sp³-hybridized carbons (Fsp3) is 0.308. The number of fused-ring (bicyclic) bond motifs is 1. The topological polar surface area (TPSA) is 29.3 Å². The van der Waals surface area contributed by atoms with Crippen LogP contribution in [0.15, 0.2) is 33.0 Å². The van der Waals surface area contributed by atoms with E-state index in [4.69, 9.17) is 0 Å². The third-order valence-corrected chi connectivity index (χ3v) is 5.29. The zero-order valence-electron chi connectivity index (χ0n) is 10.5. The molecular formula is C13H14BrN3S2. The molecule has 0 saturated carbocycles. The van der Waals surface area contributed by atoms with E-state index in [2.05, 4.69) is 66.8 Å². The van der Waals surface area contributed by atoms with Gasteiger partial charge in [0.1, 0.15) is 0 Å². The molecule has 0 radical (unpaired) electrons. The SMILES string of the molecule is CCNC(Cc1cn2ccsc2n1)c1csc(Br)c1. The summed E-state index contributed by atoms with van der Waals surface area (Å²) in [6, 6.07) is 2.52. The lowest BCUT2D eigenvalue weighted by atomic mass is 10.1. The smallest absolute Gasteiger partial charge is 0.193 e. The molecule has 1 atom stereocenters. The molecule has 0 amide bonds. The molecule has 3 aromatic heterocycles. The van der Waals surface area contributed by atoms with Crippen molar-refractivity contribution >= 4 is 43.6 Å². The molecule has 0 saturated heterocycles. The van der Waals surface area contributed by atoms with Gasteiger partial charge in [0.2, 0.25) is 0 Å². The number of nitrogens with one attached hydrogen (secondary N) is 1.